The van der Waals surface area contributed by atoms with Crippen LogP contribution in [0.3, 0.4) is 0 Å². The van der Waals surface area contributed by atoms with E-state index in [1.807, 2.05) is 0 Å². The van der Waals surface area contributed by atoms with Gasteiger partial charge in [0.1, 0.15) is 0 Å². The van der Waals surface area contributed by atoms with Gasteiger partial charge in [0.2, 0.25) is 0 Å². The third-order valence-electron chi connectivity index (χ3n) is 2.30. The Hall–Kier alpha value is -1.33. The average molecular weight is 243 g/mol. The molecule has 84 valence electrons. The second-order valence-electron chi connectivity index (χ2n) is 3.30. The predicted octanol–water partition coefficient (Wildman–Crippen LogP) is 3.21. The van der Waals surface area contributed by atoms with Crippen molar-refractivity contribution in [2.24, 2.45) is 5.73 Å². The number of halogens is 3. The van der Waals surface area contributed by atoms with Crippen molar-refractivity contribution in [3.05, 3.63) is 57.5 Å². The Bertz CT molecular complexity index is 496. The molecule has 0 spiro atoms. The molecule has 2 aromatic rings. The van der Waals surface area contributed by atoms with E-state index < -0.39 is 23.5 Å². The maximum absolute atomic E-state index is 13.4. The Morgan fingerprint density at radius 3 is 2.44 bits per heavy atom. The Morgan fingerprint density at radius 1 is 1.06 bits per heavy atom. The highest BCUT2D eigenvalue weighted by atomic mass is 32.1. The highest BCUT2D eigenvalue weighted by molar-refractivity contribution is 7.08. The normalized spacial score (nSPS) is 12.8. The lowest BCUT2D eigenvalue weighted by atomic mass is 10.0. The molecule has 2 rings (SSSR count). The molecular formula is C11H8F3NS. The Kier molecular flexibility index (Phi) is 2.98. The summed E-state index contributed by atoms with van der Waals surface area (Å²) < 4.78 is 39.1. The van der Waals surface area contributed by atoms with Gasteiger partial charge in [-0.15, -0.1) is 0 Å². The van der Waals surface area contributed by atoms with E-state index >= 15 is 0 Å². The summed E-state index contributed by atoms with van der Waals surface area (Å²) in [6.45, 7) is 0. The summed E-state index contributed by atoms with van der Waals surface area (Å²) in [4.78, 5) is 0. The zero-order valence-electron chi connectivity index (χ0n) is 8.08. The molecule has 0 aliphatic carbocycles. The van der Waals surface area contributed by atoms with Crippen LogP contribution in [0.25, 0.3) is 0 Å². The van der Waals surface area contributed by atoms with Gasteiger partial charge < -0.3 is 5.73 Å². The van der Waals surface area contributed by atoms with Crippen molar-refractivity contribution in [2.75, 3.05) is 0 Å². The largest absolute Gasteiger partial charge is 0.320 e. The Balaban J connectivity index is 2.45. The van der Waals surface area contributed by atoms with Gasteiger partial charge in [-0.05, 0) is 28.5 Å². The van der Waals surface area contributed by atoms with E-state index in [9.17, 15) is 13.2 Å². The van der Waals surface area contributed by atoms with Crippen molar-refractivity contribution < 1.29 is 13.2 Å². The molecule has 0 aliphatic heterocycles. The van der Waals surface area contributed by atoms with Crippen molar-refractivity contribution >= 4 is 11.3 Å². The number of hydrogen-bond donors (Lipinski definition) is 1. The van der Waals surface area contributed by atoms with E-state index in [1.165, 1.54) is 11.3 Å². The van der Waals surface area contributed by atoms with Crippen LogP contribution >= 0.6 is 11.3 Å². The monoisotopic (exact) mass is 243 g/mol. The highest BCUT2D eigenvalue weighted by Gasteiger charge is 2.19. The number of hydrogen-bond acceptors (Lipinski definition) is 2. The van der Waals surface area contributed by atoms with E-state index in [0.29, 0.717) is 5.56 Å². The summed E-state index contributed by atoms with van der Waals surface area (Å²) >= 11 is 1.41. The quantitative estimate of drug-likeness (QED) is 0.805. The first kappa shape index (κ1) is 11.2. The minimum atomic E-state index is -1.48. The SMILES string of the molecule is NC(c1ccsc1)c1ccc(F)c(F)c1F. The molecule has 0 amide bonds. The minimum absolute atomic E-state index is 0.0442. The standard InChI is InChI=1S/C11H8F3NS/c12-8-2-1-7(9(13)10(8)14)11(15)6-3-4-16-5-6/h1-5,11H,15H2. The van der Waals surface area contributed by atoms with Gasteiger partial charge >= 0.3 is 0 Å². The van der Waals surface area contributed by atoms with Gasteiger partial charge in [0.15, 0.2) is 17.5 Å². The molecule has 1 aromatic carbocycles. The van der Waals surface area contributed by atoms with Crippen LogP contribution in [-0.4, -0.2) is 0 Å². The first-order chi connectivity index (χ1) is 7.61. The summed E-state index contributed by atoms with van der Waals surface area (Å²) in [7, 11) is 0. The van der Waals surface area contributed by atoms with Crippen LogP contribution in [0.2, 0.25) is 0 Å². The zero-order chi connectivity index (χ0) is 11.7. The van der Waals surface area contributed by atoms with Crippen LogP contribution in [0.4, 0.5) is 13.2 Å². The summed E-state index contributed by atoms with van der Waals surface area (Å²) in [6, 6.07) is 2.98. The molecule has 0 radical (unpaired) electrons. The molecule has 1 heterocycles. The molecule has 0 fully saturated rings. The molecule has 0 saturated heterocycles. The molecule has 1 atom stereocenters. The van der Waals surface area contributed by atoms with E-state index in [1.54, 1.807) is 16.8 Å². The lowest BCUT2D eigenvalue weighted by molar-refractivity contribution is 0.438. The van der Waals surface area contributed by atoms with Gasteiger partial charge in [0, 0.05) is 5.56 Å². The summed E-state index contributed by atoms with van der Waals surface area (Å²) in [5.74, 6) is -3.92. The van der Waals surface area contributed by atoms with Crippen LogP contribution in [0, 0.1) is 17.5 Å². The molecule has 0 saturated carbocycles. The third-order valence-corrected chi connectivity index (χ3v) is 3.00. The average Bonchev–Trinajstić information content (AvgIpc) is 2.79. The number of thiophene rings is 1. The lowest BCUT2D eigenvalue weighted by Crippen LogP contribution is -2.14. The molecule has 1 unspecified atom stereocenters. The molecule has 2 N–H and O–H groups in total. The number of nitrogens with two attached hydrogens (primary N) is 1. The van der Waals surface area contributed by atoms with Crippen LogP contribution in [-0.2, 0) is 0 Å². The van der Waals surface area contributed by atoms with Gasteiger partial charge in [-0.3, -0.25) is 0 Å². The van der Waals surface area contributed by atoms with Crippen molar-refractivity contribution in [1.29, 1.82) is 0 Å². The van der Waals surface area contributed by atoms with E-state index in [-0.39, 0.29) is 5.56 Å². The number of rotatable bonds is 2. The van der Waals surface area contributed by atoms with Crippen LogP contribution in [0.5, 0.6) is 0 Å². The fraction of sp³-hybridized carbons (Fsp3) is 0.0909. The molecule has 1 nitrogen and oxygen atoms in total. The lowest BCUT2D eigenvalue weighted by Gasteiger charge is -2.12. The van der Waals surface area contributed by atoms with Crippen molar-refractivity contribution in [3.8, 4) is 0 Å². The Labute approximate surface area is 94.3 Å². The third kappa shape index (κ3) is 1.83. The minimum Gasteiger partial charge on any atom is -0.320 e. The fourth-order valence-electron chi connectivity index (χ4n) is 1.41. The maximum atomic E-state index is 13.4. The van der Waals surface area contributed by atoms with Crippen molar-refractivity contribution in [1.82, 2.24) is 0 Å². The number of benzene rings is 1. The van der Waals surface area contributed by atoms with Crippen LogP contribution in [0.1, 0.15) is 17.2 Å². The molecular weight excluding hydrogens is 235 g/mol. The van der Waals surface area contributed by atoms with E-state index in [2.05, 4.69) is 0 Å². The first-order valence-electron chi connectivity index (χ1n) is 4.52. The summed E-state index contributed by atoms with van der Waals surface area (Å²) in [6.07, 6.45) is 0. The second kappa shape index (κ2) is 4.27. The molecule has 1 aromatic heterocycles. The van der Waals surface area contributed by atoms with E-state index in [0.717, 1.165) is 12.1 Å². The zero-order valence-corrected chi connectivity index (χ0v) is 8.90. The maximum Gasteiger partial charge on any atom is 0.194 e. The second-order valence-corrected chi connectivity index (χ2v) is 4.08. The topological polar surface area (TPSA) is 26.0 Å². The molecule has 0 bridgehead atoms. The van der Waals surface area contributed by atoms with E-state index in [4.69, 9.17) is 5.73 Å². The molecule has 5 heteroatoms. The summed E-state index contributed by atoms with van der Waals surface area (Å²) in [5, 5.41) is 3.53. The van der Waals surface area contributed by atoms with Gasteiger partial charge in [-0.1, -0.05) is 6.07 Å². The van der Waals surface area contributed by atoms with Crippen LogP contribution < -0.4 is 5.73 Å². The van der Waals surface area contributed by atoms with Gasteiger partial charge in [-0.25, -0.2) is 13.2 Å². The Morgan fingerprint density at radius 2 is 1.81 bits per heavy atom. The summed E-state index contributed by atoms with van der Waals surface area (Å²) in [5.41, 5.74) is 6.39. The molecule has 16 heavy (non-hydrogen) atoms. The van der Waals surface area contributed by atoms with Gasteiger partial charge in [-0.2, -0.15) is 11.3 Å². The first-order valence-corrected chi connectivity index (χ1v) is 5.46. The van der Waals surface area contributed by atoms with Crippen LogP contribution in [0.15, 0.2) is 29.0 Å². The fourth-order valence-corrected chi connectivity index (χ4v) is 2.11. The van der Waals surface area contributed by atoms with Crippen molar-refractivity contribution in [3.63, 3.8) is 0 Å². The van der Waals surface area contributed by atoms with Crippen molar-refractivity contribution in [2.45, 2.75) is 6.04 Å². The van der Waals surface area contributed by atoms with Gasteiger partial charge in [0.05, 0.1) is 6.04 Å². The van der Waals surface area contributed by atoms with Gasteiger partial charge in [0.25, 0.3) is 0 Å². The molecule has 0 aliphatic rings. The predicted molar refractivity (Wildman–Crippen MR) is 56.7 cm³/mol. The highest BCUT2D eigenvalue weighted by Crippen LogP contribution is 2.26. The smallest absolute Gasteiger partial charge is 0.194 e.